The fraction of sp³-hybridized carbons (Fsp3) is 0.259. The Kier molecular flexibility index (Phi) is 7.58. The molecule has 0 bridgehead atoms. The SMILES string of the molecule is Cc1ccc(C(=O)N/C(=C\c2cccs2)C(=O)NCc2ccc(N3CCCCC3)cc2)cc1. The van der Waals surface area contributed by atoms with Crippen LogP contribution < -0.4 is 15.5 Å². The van der Waals surface area contributed by atoms with Gasteiger partial charge in [-0.1, -0.05) is 35.9 Å². The molecular formula is C27H29N3O2S. The van der Waals surface area contributed by atoms with E-state index in [4.69, 9.17) is 0 Å². The highest BCUT2D eigenvalue weighted by molar-refractivity contribution is 7.10. The number of carbonyl (C=O) groups is 2. The lowest BCUT2D eigenvalue weighted by Crippen LogP contribution is -2.34. The second kappa shape index (κ2) is 11.0. The first-order valence-corrected chi connectivity index (χ1v) is 12.2. The average molecular weight is 460 g/mol. The molecule has 33 heavy (non-hydrogen) atoms. The number of hydrogen-bond acceptors (Lipinski definition) is 4. The van der Waals surface area contributed by atoms with Crippen LogP contribution in [-0.2, 0) is 11.3 Å². The molecule has 6 heteroatoms. The zero-order valence-electron chi connectivity index (χ0n) is 18.8. The molecule has 1 fully saturated rings. The monoisotopic (exact) mass is 459 g/mol. The molecule has 170 valence electrons. The van der Waals surface area contributed by atoms with Gasteiger partial charge in [-0.15, -0.1) is 11.3 Å². The van der Waals surface area contributed by atoms with E-state index >= 15 is 0 Å². The van der Waals surface area contributed by atoms with E-state index in [0.29, 0.717) is 12.1 Å². The van der Waals surface area contributed by atoms with Crippen molar-refractivity contribution in [3.63, 3.8) is 0 Å². The number of amides is 2. The topological polar surface area (TPSA) is 61.4 Å². The molecule has 0 aliphatic carbocycles. The van der Waals surface area contributed by atoms with E-state index in [1.807, 2.05) is 36.6 Å². The Balaban J connectivity index is 1.42. The molecule has 2 aromatic carbocycles. The van der Waals surface area contributed by atoms with Crippen LogP contribution in [0.15, 0.2) is 71.7 Å². The molecule has 1 aliphatic heterocycles. The van der Waals surface area contributed by atoms with Crippen LogP contribution in [0.2, 0.25) is 0 Å². The maximum absolute atomic E-state index is 13.0. The van der Waals surface area contributed by atoms with Gasteiger partial charge in [-0.25, -0.2) is 0 Å². The number of rotatable bonds is 7. The summed E-state index contributed by atoms with van der Waals surface area (Å²) in [6.07, 6.45) is 5.50. The molecule has 0 saturated carbocycles. The van der Waals surface area contributed by atoms with Crippen LogP contribution in [-0.4, -0.2) is 24.9 Å². The van der Waals surface area contributed by atoms with E-state index in [-0.39, 0.29) is 17.5 Å². The number of anilines is 1. The van der Waals surface area contributed by atoms with Gasteiger partial charge in [-0.3, -0.25) is 9.59 Å². The second-order valence-corrected chi connectivity index (χ2v) is 9.27. The largest absolute Gasteiger partial charge is 0.372 e. The Bertz CT molecular complexity index is 1100. The molecular weight excluding hydrogens is 430 g/mol. The van der Waals surface area contributed by atoms with Crippen molar-refractivity contribution >= 4 is 34.9 Å². The number of thiophene rings is 1. The first kappa shape index (κ1) is 22.8. The zero-order valence-corrected chi connectivity index (χ0v) is 19.7. The van der Waals surface area contributed by atoms with Gasteiger partial charge in [0.15, 0.2) is 0 Å². The number of benzene rings is 2. The molecule has 4 rings (SSSR count). The molecule has 1 aromatic heterocycles. The van der Waals surface area contributed by atoms with Crippen molar-refractivity contribution < 1.29 is 9.59 Å². The maximum atomic E-state index is 13.0. The molecule has 0 spiro atoms. The van der Waals surface area contributed by atoms with Crippen molar-refractivity contribution in [1.82, 2.24) is 10.6 Å². The summed E-state index contributed by atoms with van der Waals surface area (Å²) in [5, 5.41) is 7.67. The third-order valence-electron chi connectivity index (χ3n) is 5.75. The Labute approximate surface area is 199 Å². The van der Waals surface area contributed by atoms with Crippen LogP contribution in [0.1, 0.15) is 45.6 Å². The van der Waals surface area contributed by atoms with Gasteiger partial charge in [0.05, 0.1) is 0 Å². The summed E-state index contributed by atoms with van der Waals surface area (Å²) in [6.45, 7) is 4.57. The molecule has 3 aromatic rings. The molecule has 0 unspecified atom stereocenters. The van der Waals surface area contributed by atoms with E-state index in [9.17, 15) is 9.59 Å². The smallest absolute Gasteiger partial charge is 0.268 e. The summed E-state index contributed by atoms with van der Waals surface area (Å²) < 4.78 is 0. The van der Waals surface area contributed by atoms with E-state index in [1.54, 1.807) is 18.2 Å². The summed E-state index contributed by atoms with van der Waals surface area (Å²) in [4.78, 5) is 29.0. The third-order valence-corrected chi connectivity index (χ3v) is 6.57. The van der Waals surface area contributed by atoms with Gasteiger partial charge in [0.25, 0.3) is 11.8 Å². The minimum atomic E-state index is -0.316. The Morgan fingerprint density at radius 2 is 1.70 bits per heavy atom. The number of aryl methyl sites for hydroxylation is 1. The van der Waals surface area contributed by atoms with Gasteiger partial charge >= 0.3 is 0 Å². The fourth-order valence-corrected chi connectivity index (χ4v) is 4.49. The highest BCUT2D eigenvalue weighted by atomic mass is 32.1. The third kappa shape index (κ3) is 6.33. The Hall–Kier alpha value is -3.38. The first-order chi connectivity index (χ1) is 16.1. The lowest BCUT2D eigenvalue weighted by Gasteiger charge is -2.28. The quantitative estimate of drug-likeness (QED) is 0.481. The molecule has 0 atom stereocenters. The summed E-state index contributed by atoms with van der Waals surface area (Å²) >= 11 is 1.51. The van der Waals surface area contributed by atoms with Gasteiger partial charge in [0.1, 0.15) is 5.70 Å². The Morgan fingerprint density at radius 3 is 2.36 bits per heavy atom. The lowest BCUT2D eigenvalue weighted by atomic mass is 10.1. The number of nitrogens with zero attached hydrogens (tertiary/aromatic N) is 1. The number of hydrogen-bond donors (Lipinski definition) is 2. The minimum absolute atomic E-state index is 0.230. The molecule has 2 amide bonds. The summed E-state index contributed by atoms with van der Waals surface area (Å²) in [6, 6.07) is 19.5. The molecule has 2 N–H and O–H groups in total. The van der Waals surface area contributed by atoms with Crippen molar-refractivity contribution in [2.45, 2.75) is 32.7 Å². The molecule has 2 heterocycles. The van der Waals surface area contributed by atoms with Gasteiger partial charge < -0.3 is 15.5 Å². The standard InChI is InChI=1S/C27H29N3O2S/c1-20-7-11-22(12-8-20)26(31)29-25(18-24-6-5-17-33-24)27(32)28-19-21-9-13-23(14-10-21)30-15-3-2-4-16-30/h5-14,17-18H,2-4,15-16,19H2,1H3,(H,28,32)(H,29,31)/b25-18-. The van der Waals surface area contributed by atoms with E-state index in [0.717, 1.165) is 29.1 Å². The van der Waals surface area contributed by atoms with Crippen molar-refractivity contribution in [2.75, 3.05) is 18.0 Å². The van der Waals surface area contributed by atoms with Crippen molar-refractivity contribution in [1.29, 1.82) is 0 Å². The lowest BCUT2D eigenvalue weighted by molar-refractivity contribution is -0.117. The van der Waals surface area contributed by atoms with Crippen LogP contribution in [0.25, 0.3) is 6.08 Å². The minimum Gasteiger partial charge on any atom is -0.372 e. The maximum Gasteiger partial charge on any atom is 0.268 e. The summed E-state index contributed by atoms with van der Waals surface area (Å²) in [7, 11) is 0. The molecule has 0 radical (unpaired) electrons. The predicted octanol–water partition coefficient (Wildman–Crippen LogP) is 5.13. The highest BCUT2D eigenvalue weighted by Gasteiger charge is 2.15. The Morgan fingerprint density at radius 1 is 0.970 bits per heavy atom. The van der Waals surface area contributed by atoms with E-state index in [1.165, 1.54) is 36.3 Å². The normalized spacial score (nSPS) is 14.1. The van der Waals surface area contributed by atoms with Crippen molar-refractivity contribution in [3.05, 3.63) is 93.3 Å². The van der Waals surface area contributed by atoms with Gasteiger partial charge in [0, 0.05) is 35.8 Å². The van der Waals surface area contributed by atoms with Crippen molar-refractivity contribution in [3.8, 4) is 0 Å². The van der Waals surface area contributed by atoms with Gasteiger partial charge in [0.2, 0.25) is 0 Å². The van der Waals surface area contributed by atoms with Crippen LogP contribution in [0, 0.1) is 6.92 Å². The van der Waals surface area contributed by atoms with Crippen LogP contribution >= 0.6 is 11.3 Å². The molecule has 1 saturated heterocycles. The molecule has 1 aliphatic rings. The van der Waals surface area contributed by atoms with Gasteiger partial charge in [-0.2, -0.15) is 0 Å². The van der Waals surface area contributed by atoms with Crippen LogP contribution in [0.4, 0.5) is 5.69 Å². The summed E-state index contributed by atoms with van der Waals surface area (Å²) in [5.74, 6) is -0.622. The number of nitrogens with one attached hydrogen (secondary N) is 2. The first-order valence-electron chi connectivity index (χ1n) is 11.3. The number of carbonyl (C=O) groups excluding carboxylic acids is 2. The van der Waals surface area contributed by atoms with E-state index in [2.05, 4.69) is 39.8 Å². The summed E-state index contributed by atoms with van der Waals surface area (Å²) in [5.41, 5.74) is 4.06. The number of piperidine rings is 1. The second-order valence-electron chi connectivity index (χ2n) is 8.29. The highest BCUT2D eigenvalue weighted by Crippen LogP contribution is 2.20. The van der Waals surface area contributed by atoms with Crippen LogP contribution in [0.5, 0.6) is 0 Å². The predicted molar refractivity (Wildman–Crippen MR) is 135 cm³/mol. The fourth-order valence-electron chi connectivity index (χ4n) is 3.83. The zero-order chi connectivity index (χ0) is 23.0. The molecule has 5 nitrogen and oxygen atoms in total. The average Bonchev–Trinajstić information content (AvgIpc) is 3.36. The van der Waals surface area contributed by atoms with Crippen LogP contribution in [0.3, 0.4) is 0 Å². The van der Waals surface area contributed by atoms with Gasteiger partial charge in [-0.05, 0) is 73.5 Å². The van der Waals surface area contributed by atoms with Crippen molar-refractivity contribution in [2.24, 2.45) is 0 Å². The van der Waals surface area contributed by atoms with E-state index < -0.39 is 0 Å².